The fraction of sp³-hybridized carbons (Fsp3) is 0.800. The van der Waals surface area contributed by atoms with Crippen LogP contribution in [0.4, 0.5) is 8.78 Å². The highest BCUT2D eigenvalue weighted by Gasteiger charge is 2.00. The van der Waals surface area contributed by atoms with E-state index >= 15 is 0 Å². The Morgan fingerprint density at radius 2 is 2.12 bits per heavy atom. The molecule has 0 radical (unpaired) electrons. The number of rotatable bonds is 3. The summed E-state index contributed by atoms with van der Waals surface area (Å²) in [6, 6.07) is 0. The number of hydrogen-bond acceptors (Lipinski definition) is 0. The first-order valence-electron chi connectivity index (χ1n) is 2.38. The van der Waals surface area contributed by atoms with E-state index in [4.69, 9.17) is 6.57 Å². The average molecular weight is 119 g/mol. The molecule has 0 unspecified atom stereocenters. The van der Waals surface area contributed by atoms with Gasteiger partial charge in [0.15, 0.2) is 0 Å². The van der Waals surface area contributed by atoms with Crippen molar-refractivity contribution in [3.05, 3.63) is 11.4 Å². The van der Waals surface area contributed by atoms with Crippen LogP contribution in [0.1, 0.15) is 12.8 Å². The zero-order valence-electron chi connectivity index (χ0n) is 4.40. The average Bonchev–Trinajstić information content (AvgIpc) is 1.66. The fourth-order valence-electron chi connectivity index (χ4n) is 0.325. The van der Waals surface area contributed by atoms with Gasteiger partial charge >= 0.3 is 0 Å². The molecule has 0 aromatic heterocycles. The van der Waals surface area contributed by atoms with Crippen LogP contribution in [-0.4, -0.2) is 13.0 Å². The van der Waals surface area contributed by atoms with Crippen molar-refractivity contribution in [2.24, 2.45) is 0 Å². The smallest absolute Gasteiger partial charge is 0.238 e. The number of alkyl halides is 2. The normalized spacial score (nSPS) is 9.25. The Balaban J connectivity index is 2.85. The number of hydrogen-bond donors (Lipinski definition) is 0. The Kier molecular flexibility index (Phi) is 4.14. The SMILES string of the molecule is [C-]#[N+]CCCC(F)F. The fourth-order valence-corrected chi connectivity index (χ4v) is 0.325. The molecule has 0 bridgehead atoms. The minimum absolute atomic E-state index is 0.137. The second-order valence-corrected chi connectivity index (χ2v) is 1.42. The summed E-state index contributed by atoms with van der Waals surface area (Å²) < 4.78 is 22.5. The molecular formula is C5H7F2N. The van der Waals surface area contributed by atoms with E-state index in [2.05, 4.69) is 4.85 Å². The first kappa shape index (κ1) is 7.35. The second kappa shape index (κ2) is 4.51. The molecule has 1 nitrogen and oxygen atoms in total. The Labute approximate surface area is 47.1 Å². The van der Waals surface area contributed by atoms with Crippen LogP contribution in [-0.2, 0) is 0 Å². The Morgan fingerprint density at radius 3 is 2.50 bits per heavy atom. The highest BCUT2D eigenvalue weighted by molar-refractivity contribution is 4.57. The Morgan fingerprint density at radius 1 is 1.50 bits per heavy atom. The third kappa shape index (κ3) is 5.35. The van der Waals surface area contributed by atoms with Crippen LogP contribution < -0.4 is 0 Å². The van der Waals surface area contributed by atoms with E-state index in [0.717, 1.165) is 0 Å². The topological polar surface area (TPSA) is 4.36 Å². The minimum atomic E-state index is -2.24. The van der Waals surface area contributed by atoms with Gasteiger partial charge in [0.1, 0.15) is 0 Å². The number of nitrogens with zero attached hydrogens (tertiary/aromatic N) is 1. The predicted octanol–water partition coefficient (Wildman–Crippen LogP) is 1.95. The minimum Gasteiger partial charge on any atom is -0.317 e. The maximum absolute atomic E-state index is 11.3. The molecule has 0 fully saturated rings. The zero-order valence-corrected chi connectivity index (χ0v) is 4.40. The lowest BCUT2D eigenvalue weighted by atomic mass is 10.3. The van der Waals surface area contributed by atoms with Crippen molar-refractivity contribution in [3.8, 4) is 0 Å². The third-order valence-electron chi connectivity index (χ3n) is 0.692. The van der Waals surface area contributed by atoms with Crippen LogP contribution in [0.25, 0.3) is 4.85 Å². The van der Waals surface area contributed by atoms with Crippen molar-refractivity contribution < 1.29 is 8.78 Å². The van der Waals surface area contributed by atoms with Crippen molar-refractivity contribution in [2.75, 3.05) is 6.54 Å². The maximum atomic E-state index is 11.3. The van der Waals surface area contributed by atoms with Crippen LogP contribution in [0, 0.1) is 6.57 Å². The summed E-state index contributed by atoms with van der Waals surface area (Å²) in [5.74, 6) is 0. The molecular weight excluding hydrogens is 112 g/mol. The van der Waals surface area contributed by atoms with E-state index < -0.39 is 6.43 Å². The van der Waals surface area contributed by atoms with Crippen LogP contribution in [0.2, 0.25) is 0 Å². The van der Waals surface area contributed by atoms with E-state index in [0.29, 0.717) is 6.42 Å². The summed E-state index contributed by atoms with van der Waals surface area (Å²) in [5, 5.41) is 0. The number of halogens is 2. The molecule has 0 heterocycles. The maximum Gasteiger partial charge on any atom is 0.238 e. The lowest BCUT2D eigenvalue weighted by molar-refractivity contribution is 0.136. The van der Waals surface area contributed by atoms with Gasteiger partial charge in [0.25, 0.3) is 0 Å². The molecule has 8 heavy (non-hydrogen) atoms. The van der Waals surface area contributed by atoms with Gasteiger partial charge in [-0.15, -0.1) is 0 Å². The summed E-state index contributed by atoms with van der Waals surface area (Å²) >= 11 is 0. The predicted molar refractivity (Wildman–Crippen MR) is 26.7 cm³/mol. The first-order valence-corrected chi connectivity index (χ1v) is 2.38. The van der Waals surface area contributed by atoms with Crippen LogP contribution in [0.15, 0.2) is 0 Å². The van der Waals surface area contributed by atoms with Crippen LogP contribution in [0.5, 0.6) is 0 Å². The Bertz CT molecular complexity index is 84.9. The summed E-state index contributed by atoms with van der Waals surface area (Å²) in [4.78, 5) is 2.92. The van der Waals surface area contributed by atoms with Gasteiger partial charge in [-0.05, 0) is 0 Å². The van der Waals surface area contributed by atoms with Crippen LogP contribution >= 0.6 is 0 Å². The van der Waals surface area contributed by atoms with Gasteiger partial charge in [0.05, 0.1) is 0 Å². The lowest BCUT2D eigenvalue weighted by Crippen LogP contribution is -1.89. The second-order valence-electron chi connectivity index (χ2n) is 1.42. The molecule has 0 atom stereocenters. The van der Waals surface area contributed by atoms with E-state index in [1.54, 1.807) is 0 Å². The van der Waals surface area contributed by atoms with Crippen molar-refractivity contribution in [2.45, 2.75) is 19.3 Å². The van der Waals surface area contributed by atoms with E-state index in [-0.39, 0.29) is 13.0 Å². The van der Waals surface area contributed by atoms with Gasteiger partial charge in [-0.25, -0.2) is 15.4 Å². The van der Waals surface area contributed by atoms with Gasteiger partial charge in [-0.1, -0.05) is 0 Å². The van der Waals surface area contributed by atoms with E-state index in [1.165, 1.54) is 0 Å². The first-order chi connectivity index (χ1) is 3.77. The third-order valence-corrected chi connectivity index (χ3v) is 0.692. The molecule has 0 saturated carbocycles. The summed E-state index contributed by atoms with van der Waals surface area (Å²) in [5.41, 5.74) is 0. The molecule has 0 saturated heterocycles. The molecule has 0 amide bonds. The zero-order chi connectivity index (χ0) is 6.41. The lowest BCUT2D eigenvalue weighted by Gasteiger charge is -1.89. The van der Waals surface area contributed by atoms with Crippen molar-refractivity contribution in [1.82, 2.24) is 0 Å². The van der Waals surface area contributed by atoms with Gasteiger partial charge < -0.3 is 4.85 Å². The van der Waals surface area contributed by atoms with Gasteiger partial charge in [-0.3, -0.25) is 0 Å². The molecule has 0 aliphatic heterocycles. The molecule has 0 N–H and O–H groups in total. The molecule has 0 aliphatic carbocycles. The summed E-state index contributed by atoms with van der Waals surface area (Å²) in [6.45, 7) is 6.45. The summed E-state index contributed by atoms with van der Waals surface area (Å²) in [6.07, 6.45) is -2.06. The van der Waals surface area contributed by atoms with Crippen molar-refractivity contribution >= 4 is 0 Å². The molecule has 3 heteroatoms. The molecule has 0 aromatic rings. The monoisotopic (exact) mass is 119 g/mol. The summed E-state index contributed by atoms with van der Waals surface area (Å²) in [7, 11) is 0. The largest absolute Gasteiger partial charge is 0.317 e. The quantitative estimate of drug-likeness (QED) is 0.395. The van der Waals surface area contributed by atoms with Crippen molar-refractivity contribution in [3.63, 3.8) is 0 Å². The Hall–Kier alpha value is -0.650. The van der Waals surface area contributed by atoms with Gasteiger partial charge in [-0.2, -0.15) is 0 Å². The van der Waals surface area contributed by atoms with Crippen molar-refractivity contribution in [1.29, 1.82) is 0 Å². The standard InChI is InChI=1S/C5H7F2N/c1-8-4-2-3-5(6)7/h5H,2-4H2. The molecule has 0 aliphatic rings. The van der Waals surface area contributed by atoms with Crippen LogP contribution in [0.3, 0.4) is 0 Å². The van der Waals surface area contributed by atoms with Gasteiger partial charge in [0, 0.05) is 12.8 Å². The van der Waals surface area contributed by atoms with E-state index in [1.807, 2.05) is 0 Å². The molecule has 0 rings (SSSR count). The molecule has 0 aromatic carbocycles. The van der Waals surface area contributed by atoms with E-state index in [9.17, 15) is 8.78 Å². The highest BCUT2D eigenvalue weighted by Crippen LogP contribution is 2.01. The van der Waals surface area contributed by atoms with Gasteiger partial charge in [0.2, 0.25) is 13.0 Å². The molecule has 46 valence electrons. The highest BCUT2D eigenvalue weighted by atomic mass is 19.3. The molecule has 0 spiro atoms.